The van der Waals surface area contributed by atoms with Gasteiger partial charge in [0, 0.05) is 17.9 Å². The number of benzene rings is 1. The molecule has 1 heterocycles. The predicted octanol–water partition coefficient (Wildman–Crippen LogP) is 3.37. The van der Waals surface area contributed by atoms with Crippen LogP contribution < -0.4 is 10.1 Å². The number of rotatable bonds is 7. The molecule has 3 nitrogen and oxygen atoms in total. The molecule has 0 amide bonds. The van der Waals surface area contributed by atoms with E-state index in [9.17, 15) is 0 Å². The summed E-state index contributed by atoms with van der Waals surface area (Å²) in [5.74, 6) is 0.906. The molecule has 0 radical (unpaired) electrons. The number of aromatic nitrogens is 1. The van der Waals surface area contributed by atoms with Crippen molar-refractivity contribution in [3.8, 4) is 5.75 Å². The van der Waals surface area contributed by atoms with Crippen LogP contribution in [0.25, 0.3) is 0 Å². The van der Waals surface area contributed by atoms with Gasteiger partial charge < -0.3 is 10.1 Å². The van der Waals surface area contributed by atoms with Crippen molar-refractivity contribution >= 4 is 0 Å². The van der Waals surface area contributed by atoms with Gasteiger partial charge >= 0.3 is 0 Å². The molecule has 0 spiro atoms. The SMILES string of the molecule is CCNC(CCc1ccccn1)c1cccc(OC)c1. The van der Waals surface area contributed by atoms with Crippen molar-refractivity contribution in [2.45, 2.75) is 25.8 Å². The van der Waals surface area contributed by atoms with E-state index in [2.05, 4.69) is 35.4 Å². The van der Waals surface area contributed by atoms with Crippen molar-refractivity contribution in [2.24, 2.45) is 0 Å². The van der Waals surface area contributed by atoms with Gasteiger partial charge in [-0.25, -0.2) is 0 Å². The van der Waals surface area contributed by atoms with E-state index in [1.807, 2.05) is 30.5 Å². The second-order valence-corrected chi connectivity index (χ2v) is 4.75. The number of ether oxygens (including phenoxy) is 1. The Labute approximate surface area is 121 Å². The van der Waals surface area contributed by atoms with E-state index >= 15 is 0 Å². The van der Waals surface area contributed by atoms with Crippen LogP contribution in [0.1, 0.15) is 30.6 Å². The Kier molecular flexibility index (Phi) is 5.56. The van der Waals surface area contributed by atoms with Gasteiger partial charge in [0.1, 0.15) is 5.75 Å². The van der Waals surface area contributed by atoms with Crippen LogP contribution in [0.15, 0.2) is 48.7 Å². The fourth-order valence-corrected chi connectivity index (χ4v) is 2.33. The van der Waals surface area contributed by atoms with Gasteiger partial charge in [0.25, 0.3) is 0 Å². The summed E-state index contributed by atoms with van der Waals surface area (Å²) in [5.41, 5.74) is 2.40. The second-order valence-electron chi connectivity index (χ2n) is 4.75. The molecular formula is C17H22N2O. The van der Waals surface area contributed by atoms with E-state index in [1.165, 1.54) is 5.56 Å². The molecule has 1 aromatic heterocycles. The van der Waals surface area contributed by atoms with Crippen LogP contribution in [0.4, 0.5) is 0 Å². The molecule has 1 atom stereocenters. The van der Waals surface area contributed by atoms with Crippen LogP contribution in [0.3, 0.4) is 0 Å². The lowest BCUT2D eigenvalue weighted by Gasteiger charge is -2.18. The highest BCUT2D eigenvalue weighted by Gasteiger charge is 2.11. The number of nitrogens with one attached hydrogen (secondary N) is 1. The van der Waals surface area contributed by atoms with E-state index in [4.69, 9.17) is 4.74 Å². The zero-order valence-electron chi connectivity index (χ0n) is 12.2. The summed E-state index contributed by atoms with van der Waals surface area (Å²) < 4.78 is 5.31. The van der Waals surface area contributed by atoms with Gasteiger partial charge in [-0.1, -0.05) is 25.1 Å². The standard InChI is InChI=1S/C17H22N2O/c1-3-18-17(11-10-15-8-4-5-12-19-15)14-7-6-9-16(13-14)20-2/h4-9,12-13,17-18H,3,10-11H2,1-2H3. The predicted molar refractivity (Wildman–Crippen MR) is 82.0 cm³/mol. The normalized spacial score (nSPS) is 12.1. The zero-order chi connectivity index (χ0) is 14.2. The molecule has 20 heavy (non-hydrogen) atoms. The van der Waals surface area contributed by atoms with E-state index in [0.29, 0.717) is 6.04 Å². The smallest absolute Gasteiger partial charge is 0.119 e. The molecule has 2 aromatic rings. The van der Waals surface area contributed by atoms with Crippen LogP contribution in [0, 0.1) is 0 Å². The Morgan fingerprint density at radius 3 is 2.80 bits per heavy atom. The Morgan fingerprint density at radius 2 is 2.10 bits per heavy atom. The summed E-state index contributed by atoms with van der Waals surface area (Å²) >= 11 is 0. The molecule has 0 aliphatic carbocycles. The number of aryl methyl sites for hydroxylation is 1. The minimum atomic E-state index is 0.331. The molecule has 0 aliphatic heterocycles. The monoisotopic (exact) mass is 270 g/mol. The minimum Gasteiger partial charge on any atom is -0.497 e. The third-order valence-electron chi connectivity index (χ3n) is 3.36. The van der Waals surface area contributed by atoms with Crippen molar-refractivity contribution < 1.29 is 4.74 Å². The lowest BCUT2D eigenvalue weighted by molar-refractivity contribution is 0.412. The number of hydrogen-bond donors (Lipinski definition) is 1. The molecule has 0 bridgehead atoms. The van der Waals surface area contributed by atoms with E-state index in [0.717, 1.165) is 30.8 Å². The van der Waals surface area contributed by atoms with Gasteiger partial charge in [-0.3, -0.25) is 4.98 Å². The number of pyridine rings is 1. The topological polar surface area (TPSA) is 34.2 Å². The number of hydrogen-bond acceptors (Lipinski definition) is 3. The number of nitrogens with zero attached hydrogens (tertiary/aromatic N) is 1. The lowest BCUT2D eigenvalue weighted by Crippen LogP contribution is -2.21. The Hall–Kier alpha value is -1.87. The quantitative estimate of drug-likeness (QED) is 0.837. The molecule has 3 heteroatoms. The van der Waals surface area contributed by atoms with Crippen molar-refractivity contribution in [3.05, 3.63) is 59.9 Å². The first-order valence-electron chi connectivity index (χ1n) is 7.10. The number of methoxy groups -OCH3 is 1. The summed E-state index contributed by atoms with van der Waals surface area (Å²) in [5, 5.41) is 3.54. The second kappa shape index (κ2) is 7.65. The maximum atomic E-state index is 5.31. The molecule has 0 aliphatic rings. The maximum absolute atomic E-state index is 5.31. The highest BCUT2D eigenvalue weighted by molar-refractivity contribution is 5.30. The Bertz CT molecular complexity index is 513. The first-order chi connectivity index (χ1) is 9.83. The third kappa shape index (κ3) is 4.07. The molecule has 106 valence electrons. The average Bonchev–Trinajstić information content (AvgIpc) is 2.52. The van der Waals surface area contributed by atoms with Crippen LogP contribution in [0.2, 0.25) is 0 Å². The van der Waals surface area contributed by atoms with Crippen LogP contribution >= 0.6 is 0 Å². The van der Waals surface area contributed by atoms with Gasteiger partial charge in [-0.15, -0.1) is 0 Å². The Balaban J connectivity index is 2.06. The average molecular weight is 270 g/mol. The van der Waals surface area contributed by atoms with Gasteiger partial charge in [0.15, 0.2) is 0 Å². The van der Waals surface area contributed by atoms with Crippen molar-refractivity contribution in [3.63, 3.8) is 0 Å². The first-order valence-corrected chi connectivity index (χ1v) is 7.10. The molecule has 0 saturated carbocycles. The van der Waals surface area contributed by atoms with Gasteiger partial charge in [-0.05, 0) is 49.2 Å². The summed E-state index contributed by atoms with van der Waals surface area (Å²) in [6, 6.07) is 14.7. The fourth-order valence-electron chi connectivity index (χ4n) is 2.33. The van der Waals surface area contributed by atoms with Crippen LogP contribution in [-0.4, -0.2) is 18.6 Å². The molecule has 0 saturated heterocycles. The van der Waals surface area contributed by atoms with E-state index in [-0.39, 0.29) is 0 Å². The van der Waals surface area contributed by atoms with Crippen molar-refractivity contribution in [1.29, 1.82) is 0 Å². The molecule has 0 fully saturated rings. The van der Waals surface area contributed by atoms with Crippen LogP contribution in [0.5, 0.6) is 5.75 Å². The van der Waals surface area contributed by atoms with Gasteiger partial charge in [-0.2, -0.15) is 0 Å². The van der Waals surface area contributed by atoms with Gasteiger partial charge in [0.2, 0.25) is 0 Å². The molecule has 1 N–H and O–H groups in total. The largest absolute Gasteiger partial charge is 0.497 e. The lowest BCUT2D eigenvalue weighted by atomic mass is 10.0. The zero-order valence-corrected chi connectivity index (χ0v) is 12.2. The van der Waals surface area contributed by atoms with E-state index in [1.54, 1.807) is 7.11 Å². The molecule has 1 aromatic carbocycles. The summed E-state index contributed by atoms with van der Waals surface area (Å²) in [7, 11) is 1.70. The third-order valence-corrected chi connectivity index (χ3v) is 3.36. The molecule has 2 rings (SSSR count). The fraction of sp³-hybridized carbons (Fsp3) is 0.353. The van der Waals surface area contributed by atoms with E-state index < -0.39 is 0 Å². The maximum Gasteiger partial charge on any atom is 0.119 e. The summed E-state index contributed by atoms with van der Waals surface area (Å²) in [6.45, 7) is 3.08. The highest BCUT2D eigenvalue weighted by Crippen LogP contribution is 2.22. The van der Waals surface area contributed by atoms with Crippen LogP contribution in [-0.2, 0) is 6.42 Å². The minimum absolute atomic E-state index is 0.331. The van der Waals surface area contributed by atoms with Gasteiger partial charge in [0.05, 0.1) is 7.11 Å². The summed E-state index contributed by atoms with van der Waals surface area (Å²) in [4.78, 5) is 4.39. The molecule has 1 unspecified atom stereocenters. The first kappa shape index (κ1) is 14.5. The van der Waals surface area contributed by atoms with Crippen molar-refractivity contribution in [2.75, 3.05) is 13.7 Å². The molecular weight excluding hydrogens is 248 g/mol. The van der Waals surface area contributed by atoms with Crippen molar-refractivity contribution in [1.82, 2.24) is 10.3 Å². The summed E-state index contributed by atoms with van der Waals surface area (Å²) in [6.07, 6.45) is 3.84. The Morgan fingerprint density at radius 1 is 1.20 bits per heavy atom. The highest BCUT2D eigenvalue weighted by atomic mass is 16.5.